The monoisotopic (exact) mass is 244 g/mol. The van der Waals surface area contributed by atoms with E-state index in [-0.39, 0.29) is 0 Å². The van der Waals surface area contributed by atoms with Gasteiger partial charge >= 0.3 is 6.18 Å². The van der Waals surface area contributed by atoms with Crippen LogP contribution in [0.25, 0.3) is 0 Å². The second kappa shape index (κ2) is 4.69. The first-order valence-corrected chi connectivity index (χ1v) is 5.81. The third-order valence-electron chi connectivity index (χ3n) is 3.42. The van der Waals surface area contributed by atoms with Gasteiger partial charge in [-0.3, -0.25) is 0 Å². The van der Waals surface area contributed by atoms with Crippen molar-refractivity contribution in [1.82, 2.24) is 0 Å². The quantitative estimate of drug-likeness (QED) is 0.863. The summed E-state index contributed by atoms with van der Waals surface area (Å²) in [4.78, 5) is 0. The predicted molar refractivity (Wildman–Crippen MR) is 58.5 cm³/mol. The highest BCUT2D eigenvalue weighted by Gasteiger charge is 2.30. The van der Waals surface area contributed by atoms with Gasteiger partial charge in [-0.1, -0.05) is 18.6 Å². The van der Waals surface area contributed by atoms with E-state index in [4.69, 9.17) is 0 Å². The fraction of sp³-hybridized carbons (Fsp3) is 0.538. The highest BCUT2D eigenvalue weighted by Crippen LogP contribution is 2.32. The van der Waals surface area contributed by atoms with Crippen LogP contribution in [-0.2, 0) is 12.6 Å². The van der Waals surface area contributed by atoms with Crippen LogP contribution in [-0.4, -0.2) is 11.2 Å². The molecule has 94 valence electrons. The van der Waals surface area contributed by atoms with E-state index in [1.165, 1.54) is 12.1 Å². The van der Waals surface area contributed by atoms with Gasteiger partial charge in [-0.15, -0.1) is 0 Å². The SMILES string of the molecule is OC(Cc1ccc(C(F)(F)F)cc1)C1CCC1. The Bertz CT molecular complexity index is 365. The summed E-state index contributed by atoms with van der Waals surface area (Å²) in [5.74, 6) is 0.331. The second-order valence-electron chi connectivity index (χ2n) is 4.66. The molecule has 1 saturated carbocycles. The minimum atomic E-state index is -4.29. The molecule has 1 aliphatic rings. The van der Waals surface area contributed by atoms with Gasteiger partial charge in [0.05, 0.1) is 11.7 Å². The number of aliphatic hydroxyl groups is 1. The van der Waals surface area contributed by atoms with Crippen LogP contribution < -0.4 is 0 Å². The van der Waals surface area contributed by atoms with Gasteiger partial charge in [-0.2, -0.15) is 13.2 Å². The second-order valence-corrected chi connectivity index (χ2v) is 4.66. The number of hydrogen-bond donors (Lipinski definition) is 1. The van der Waals surface area contributed by atoms with E-state index in [9.17, 15) is 18.3 Å². The minimum absolute atomic E-state index is 0.331. The summed E-state index contributed by atoms with van der Waals surface area (Å²) < 4.78 is 37.0. The molecule has 0 spiro atoms. The van der Waals surface area contributed by atoms with Crippen LogP contribution in [0.3, 0.4) is 0 Å². The van der Waals surface area contributed by atoms with Crippen molar-refractivity contribution in [3.8, 4) is 0 Å². The van der Waals surface area contributed by atoms with Crippen molar-refractivity contribution in [2.75, 3.05) is 0 Å². The van der Waals surface area contributed by atoms with E-state index >= 15 is 0 Å². The smallest absolute Gasteiger partial charge is 0.392 e. The van der Waals surface area contributed by atoms with E-state index in [0.29, 0.717) is 12.3 Å². The Morgan fingerprint density at radius 1 is 1.18 bits per heavy atom. The first-order chi connectivity index (χ1) is 7.97. The predicted octanol–water partition coefficient (Wildman–Crippen LogP) is 3.41. The molecule has 1 fully saturated rings. The summed E-state index contributed by atoms with van der Waals surface area (Å²) in [6.45, 7) is 0. The average Bonchev–Trinajstić information content (AvgIpc) is 2.13. The summed E-state index contributed by atoms with van der Waals surface area (Å²) in [5.41, 5.74) is 0.122. The first kappa shape index (κ1) is 12.4. The van der Waals surface area contributed by atoms with Crippen LogP contribution in [0.2, 0.25) is 0 Å². The van der Waals surface area contributed by atoms with Gasteiger partial charge in [-0.25, -0.2) is 0 Å². The molecule has 1 nitrogen and oxygen atoms in total. The largest absolute Gasteiger partial charge is 0.416 e. The zero-order valence-electron chi connectivity index (χ0n) is 9.37. The summed E-state index contributed by atoms with van der Waals surface area (Å²) >= 11 is 0. The minimum Gasteiger partial charge on any atom is -0.392 e. The van der Waals surface area contributed by atoms with Crippen molar-refractivity contribution < 1.29 is 18.3 Å². The fourth-order valence-electron chi connectivity index (χ4n) is 2.06. The van der Waals surface area contributed by atoms with Crippen molar-refractivity contribution in [2.24, 2.45) is 5.92 Å². The Kier molecular flexibility index (Phi) is 3.43. The van der Waals surface area contributed by atoms with E-state index in [2.05, 4.69) is 0 Å². The average molecular weight is 244 g/mol. The third kappa shape index (κ3) is 3.00. The normalized spacial score (nSPS) is 18.8. The third-order valence-corrected chi connectivity index (χ3v) is 3.42. The molecule has 0 amide bonds. The lowest BCUT2D eigenvalue weighted by molar-refractivity contribution is -0.137. The molecule has 0 radical (unpaired) electrons. The van der Waals surface area contributed by atoms with Crippen molar-refractivity contribution in [3.05, 3.63) is 35.4 Å². The highest BCUT2D eigenvalue weighted by molar-refractivity contribution is 5.25. The van der Waals surface area contributed by atoms with Gasteiger partial charge in [0.1, 0.15) is 0 Å². The van der Waals surface area contributed by atoms with E-state index in [1.807, 2.05) is 0 Å². The molecule has 1 aliphatic carbocycles. The number of rotatable bonds is 3. The molecule has 0 aliphatic heterocycles. The molecular formula is C13H15F3O. The van der Waals surface area contributed by atoms with Crippen LogP contribution in [0.4, 0.5) is 13.2 Å². The Morgan fingerprint density at radius 2 is 1.76 bits per heavy atom. The van der Waals surface area contributed by atoms with Crippen LogP contribution >= 0.6 is 0 Å². The zero-order chi connectivity index (χ0) is 12.5. The Hall–Kier alpha value is -1.03. The van der Waals surface area contributed by atoms with Crippen molar-refractivity contribution >= 4 is 0 Å². The topological polar surface area (TPSA) is 20.2 Å². The molecule has 1 aromatic rings. The van der Waals surface area contributed by atoms with E-state index < -0.39 is 17.8 Å². The molecule has 1 aromatic carbocycles. The van der Waals surface area contributed by atoms with Crippen molar-refractivity contribution in [2.45, 2.75) is 38.0 Å². The van der Waals surface area contributed by atoms with Gasteiger partial charge in [0.2, 0.25) is 0 Å². The van der Waals surface area contributed by atoms with Crippen LogP contribution in [0.15, 0.2) is 24.3 Å². The first-order valence-electron chi connectivity index (χ1n) is 5.81. The van der Waals surface area contributed by atoms with Gasteiger partial charge in [0.15, 0.2) is 0 Å². The lowest BCUT2D eigenvalue weighted by Gasteiger charge is -2.30. The maximum Gasteiger partial charge on any atom is 0.416 e. The summed E-state index contributed by atoms with van der Waals surface area (Å²) in [5, 5.41) is 9.83. The Labute approximate surface area is 98.3 Å². The summed E-state index contributed by atoms with van der Waals surface area (Å²) in [7, 11) is 0. The molecule has 0 saturated heterocycles. The van der Waals surface area contributed by atoms with Gasteiger partial charge in [0.25, 0.3) is 0 Å². The molecule has 1 atom stereocenters. The molecule has 4 heteroatoms. The van der Waals surface area contributed by atoms with Crippen LogP contribution in [0.5, 0.6) is 0 Å². The number of aliphatic hydroxyl groups excluding tert-OH is 1. The zero-order valence-corrected chi connectivity index (χ0v) is 9.37. The summed E-state index contributed by atoms with van der Waals surface area (Å²) in [6.07, 6.45) is -1.05. The molecule has 2 rings (SSSR count). The maximum atomic E-state index is 12.3. The van der Waals surface area contributed by atoms with Gasteiger partial charge < -0.3 is 5.11 Å². The molecule has 17 heavy (non-hydrogen) atoms. The highest BCUT2D eigenvalue weighted by atomic mass is 19.4. The van der Waals surface area contributed by atoms with Crippen LogP contribution in [0.1, 0.15) is 30.4 Å². The standard InChI is InChI=1S/C13H15F3O/c14-13(15,16)11-6-4-9(5-7-11)8-12(17)10-2-1-3-10/h4-7,10,12,17H,1-3,8H2. The fourth-order valence-corrected chi connectivity index (χ4v) is 2.06. The number of halogens is 3. The molecule has 0 aromatic heterocycles. The van der Waals surface area contributed by atoms with Gasteiger partial charge in [-0.05, 0) is 42.9 Å². The Morgan fingerprint density at radius 3 is 2.18 bits per heavy atom. The van der Waals surface area contributed by atoms with Crippen molar-refractivity contribution in [1.29, 1.82) is 0 Å². The Balaban J connectivity index is 1.98. The number of benzene rings is 1. The molecule has 1 unspecified atom stereocenters. The lowest BCUT2D eigenvalue weighted by Crippen LogP contribution is -2.28. The molecule has 0 bridgehead atoms. The van der Waals surface area contributed by atoms with Gasteiger partial charge in [0, 0.05) is 0 Å². The summed E-state index contributed by atoms with van der Waals surface area (Å²) in [6, 6.07) is 5.04. The molecular weight excluding hydrogens is 229 g/mol. The van der Waals surface area contributed by atoms with Crippen molar-refractivity contribution in [3.63, 3.8) is 0 Å². The number of hydrogen-bond acceptors (Lipinski definition) is 1. The molecule has 0 heterocycles. The van der Waals surface area contributed by atoms with E-state index in [1.54, 1.807) is 0 Å². The van der Waals surface area contributed by atoms with Crippen LogP contribution in [0, 0.1) is 5.92 Å². The lowest BCUT2D eigenvalue weighted by atomic mass is 9.79. The van der Waals surface area contributed by atoms with E-state index in [0.717, 1.165) is 37.0 Å². The molecule has 1 N–H and O–H groups in total. The number of alkyl halides is 3. The maximum absolute atomic E-state index is 12.3.